The number of nitrogens with two attached hydrogens (primary N) is 1. The third kappa shape index (κ3) is 1.93. The van der Waals surface area contributed by atoms with Gasteiger partial charge in [-0.1, -0.05) is 6.07 Å². The summed E-state index contributed by atoms with van der Waals surface area (Å²) in [5.74, 6) is 3.58. The van der Waals surface area contributed by atoms with Crippen molar-refractivity contribution in [2.75, 3.05) is 5.43 Å². The molecule has 0 bridgehead atoms. The van der Waals surface area contributed by atoms with Crippen LogP contribution >= 0.6 is 0 Å². The molecule has 6 N–H and O–H groups in total. The minimum absolute atomic E-state index is 0.117. The molecule has 1 unspecified atom stereocenters. The molecule has 0 fully saturated rings. The van der Waals surface area contributed by atoms with Crippen molar-refractivity contribution in [2.24, 2.45) is 5.84 Å². The molecule has 14 heavy (non-hydrogen) atoms. The van der Waals surface area contributed by atoms with Crippen LogP contribution in [0, 0.1) is 0 Å². The second kappa shape index (κ2) is 3.95. The highest BCUT2D eigenvalue weighted by Gasteiger charge is 2.16. The van der Waals surface area contributed by atoms with Gasteiger partial charge in [-0.05, 0) is 17.7 Å². The third-order valence-electron chi connectivity index (χ3n) is 1.73. The fraction of sp³-hybridized carbons (Fsp3) is 0.125. The van der Waals surface area contributed by atoms with Gasteiger partial charge in [0.05, 0.1) is 5.69 Å². The first-order valence-electron chi connectivity index (χ1n) is 3.76. The van der Waals surface area contributed by atoms with Crippen LogP contribution in [0.1, 0.15) is 11.7 Å². The number of hydrogen-bond donors (Lipinski definition) is 5. The van der Waals surface area contributed by atoms with Crippen LogP contribution in [0.2, 0.25) is 0 Å². The van der Waals surface area contributed by atoms with Crippen molar-refractivity contribution in [1.82, 2.24) is 0 Å². The fourth-order valence-corrected chi connectivity index (χ4v) is 0.982. The fourth-order valence-electron chi connectivity index (χ4n) is 0.982. The van der Waals surface area contributed by atoms with Crippen LogP contribution in [0.4, 0.5) is 5.69 Å². The van der Waals surface area contributed by atoms with E-state index in [1.165, 1.54) is 18.2 Å². The zero-order valence-corrected chi connectivity index (χ0v) is 7.14. The summed E-state index contributed by atoms with van der Waals surface area (Å²) in [6.07, 6.45) is -1.62. The second-order valence-corrected chi connectivity index (χ2v) is 2.66. The van der Waals surface area contributed by atoms with Gasteiger partial charge in [-0.25, -0.2) is 4.79 Å². The molecule has 1 aromatic carbocycles. The maximum Gasteiger partial charge on any atom is 0.337 e. The largest absolute Gasteiger partial charge is 0.506 e. The molecule has 76 valence electrons. The molecular weight excluding hydrogens is 188 g/mol. The summed E-state index contributed by atoms with van der Waals surface area (Å²) in [4.78, 5) is 10.4. The first-order chi connectivity index (χ1) is 6.56. The Hall–Kier alpha value is -1.79. The molecule has 6 heteroatoms. The smallest absolute Gasteiger partial charge is 0.337 e. The van der Waals surface area contributed by atoms with Gasteiger partial charge >= 0.3 is 5.97 Å². The molecule has 1 rings (SSSR count). The van der Waals surface area contributed by atoms with Gasteiger partial charge in [0.1, 0.15) is 5.75 Å². The van der Waals surface area contributed by atoms with Gasteiger partial charge in [0, 0.05) is 0 Å². The van der Waals surface area contributed by atoms with E-state index < -0.39 is 12.1 Å². The minimum atomic E-state index is -1.62. The van der Waals surface area contributed by atoms with Crippen molar-refractivity contribution in [3.8, 4) is 5.75 Å². The predicted molar refractivity (Wildman–Crippen MR) is 48.5 cm³/mol. The van der Waals surface area contributed by atoms with Crippen molar-refractivity contribution in [1.29, 1.82) is 0 Å². The van der Waals surface area contributed by atoms with Crippen LogP contribution in [-0.4, -0.2) is 21.3 Å². The molecule has 0 amide bonds. The molecule has 1 atom stereocenters. The maximum absolute atomic E-state index is 10.4. The summed E-state index contributed by atoms with van der Waals surface area (Å²) in [7, 11) is 0. The molecule has 0 saturated carbocycles. The van der Waals surface area contributed by atoms with Crippen LogP contribution in [0.15, 0.2) is 18.2 Å². The molecule has 0 saturated heterocycles. The third-order valence-corrected chi connectivity index (χ3v) is 1.73. The second-order valence-electron chi connectivity index (χ2n) is 2.66. The van der Waals surface area contributed by atoms with Gasteiger partial charge < -0.3 is 20.7 Å². The Morgan fingerprint density at radius 1 is 1.50 bits per heavy atom. The lowest BCUT2D eigenvalue weighted by molar-refractivity contribution is -0.146. The maximum atomic E-state index is 10.4. The van der Waals surface area contributed by atoms with Gasteiger partial charge in [0.25, 0.3) is 0 Å². The number of aromatic hydroxyl groups is 1. The van der Waals surface area contributed by atoms with E-state index in [0.29, 0.717) is 0 Å². The normalized spacial score (nSPS) is 12.1. The number of aliphatic hydroxyl groups excluding tert-OH is 1. The van der Waals surface area contributed by atoms with Gasteiger partial charge in [0.2, 0.25) is 0 Å². The highest BCUT2D eigenvalue weighted by Crippen LogP contribution is 2.26. The number of hydrazine groups is 1. The van der Waals surface area contributed by atoms with Crippen LogP contribution in [0.3, 0.4) is 0 Å². The zero-order chi connectivity index (χ0) is 10.7. The summed E-state index contributed by atoms with van der Waals surface area (Å²) in [6.45, 7) is 0. The van der Waals surface area contributed by atoms with Crippen molar-refractivity contribution >= 4 is 11.7 Å². The summed E-state index contributed by atoms with van der Waals surface area (Å²) in [5, 5.41) is 26.8. The standard InChI is InChI=1S/C8H10N2O4/c9-10-5-3-4(1-2-6(5)11)7(12)8(13)14/h1-3,7,10-12H,9H2,(H,13,14). The van der Waals surface area contributed by atoms with Crippen LogP contribution < -0.4 is 11.3 Å². The Balaban J connectivity index is 3.06. The average Bonchev–Trinajstić information content (AvgIpc) is 2.17. The SMILES string of the molecule is NNc1cc(C(O)C(=O)O)ccc1O. The minimum Gasteiger partial charge on any atom is -0.506 e. The molecule has 1 aromatic rings. The number of carbonyl (C=O) groups is 1. The molecule has 0 radical (unpaired) electrons. The Morgan fingerprint density at radius 2 is 2.14 bits per heavy atom. The number of phenolic OH excluding ortho intramolecular Hbond substituents is 1. The van der Waals surface area contributed by atoms with Crippen molar-refractivity contribution in [2.45, 2.75) is 6.10 Å². The number of rotatable bonds is 3. The van der Waals surface area contributed by atoms with E-state index in [0.717, 1.165) is 0 Å². The lowest BCUT2D eigenvalue weighted by Crippen LogP contribution is -2.12. The summed E-state index contributed by atoms with van der Waals surface area (Å²) in [5.41, 5.74) is 2.47. The number of anilines is 1. The number of aliphatic carboxylic acids is 1. The van der Waals surface area contributed by atoms with Crippen LogP contribution in [0.25, 0.3) is 0 Å². The molecule has 0 aliphatic carbocycles. The van der Waals surface area contributed by atoms with E-state index in [9.17, 15) is 9.90 Å². The van der Waals surface area contributed by atoms with Crippen LogP contribution in [-0.2, 0) is 4.79 Å². The first-order valence-corrected chi connectivity index (χ1v) is 3.76. The van der Waals surface area contributed by atoms with E-state index in [-0.39, 0.29) is 17.0 Å². The van der Waals surface area contributed by atoms with E-state index in [2.05, 4.69) is 5.43 Å². The lowest BCUT2D eigenvalue weighted by Gasteiger charge is -2.09. The lowest BCUT2D eigenvalue weighted by atomic mass is 10.1. The van der Waals surface area contributed by atoms with Crippen LogP contribution in [0.5, 0.6) is 5.75 Å². The van der Waals surface area contributed by atoms with E-state index >= 15 is 0 Å². The Morgan fingerprint density at radius 3 is 2.64 bits per heavy atom. The molecule has 0 aliphatic rings. The van der Waals surface area contributed by atoms with Gasteiger partial charge in [0.15, 0.2) is 6.10 Å². The quantitative estimate of drug-likeness (QED) is 0.261. The van der Waals surface area contributed by atoms with Crippen molar-refractivity contribution < 1.29 is 20.1 Å². The van der Waals surface area contributed by atoms with Crippen molar-refractivity contribution in [3.05, 3.63) is 23.8 Å². The number of benzene rings is 1. The number of hydrogen-bond acceptors (Lipinski definition) is 5. The van der Waals surface area contributed by atoms with E-state index in [1.54, 1.807) is 0 Å². The molecule has 0 aromatic heterocycles. The Bertz CT molecular complexity index is 353. The number of nitrogen functional groups attached to an aromatic ring is 1. The zero-order valence-electron chi connectivity index (χ0n) is 7.14. The Kier molecular flexibility index (Phi) is 2.90. The summed E-state index contributed by atoms with van der Waals surface area (Å²) in [6, 6.07) is 3.81. The average molecular weight is 198 g/mol. The number of carboxylic acid groups (broad SMARTS) is 1. The van der Waals surface area contributed by atoms with Crippen molar-refractivity contribution in [3.63, 3.8) is 0 Å². The molecule has 0 heterocycles. The van der Waals surface area contributed by atoms with Gasteiger partial charge in [-0.15, -0.1) is 0 Å². The number of carboxylic acids is 1. The number of phenols is 1. The first kappa shape index (κ1) is 10.3. The molecule has 0 spiro atoms. The van der Waals surface area contributed by atoms with E-state index in [4.69, 9.17) is 16.1 Å². The summed E-state index contributed by atoms with van der Waals surface area (Å²) >= 11 is 0. The van der Waals surface area contributed by atoms with Gasteiger partial charge in [-0.3, -0.25) is 5.84 Å². The summed E-state index contributed by atoms with van der Waals surface area (Å²) < 4.78 is 0. The highest BCUT2D eigenvalue weighted by molar-refractivity contribution is 5.75. The molecular formula is C8H10N2O4. The predicted octanol–water partition coefficient (Wildman–Crippen LogP) is -0.204. The number of nitrogens with one attached hydrogen (secondary N) is 1. The highest BCUT2D eigenvalue weighted by atomic mass is 16.4. The topological polar surface area (TPSA) is 116 Å². The Labute approximate surface area is 79.6 Å². The molecule has 0 aliphatic heterocycles. The number of aliphatic hydroxyl groups is 1. The monoisotopic (exact) mass is 198 g/mol. The molecule has 6 nitrogen and oxygen atoms in total. The van der Waals surface area contributed by atoms with E-state index in [1.807, 2.05) is 0 Å². The van der Waals surface area contributed by atoms with Gasteiger partial charge in [-0.2, -0.15) is 0 Å².